The van der Waals surface area contributed by atoms with Gasteiger partial charge in [0.15, 0.2) is 0 Å². The molecule has 1 aliphatic heterocycles. The van der Waals surface area contributed by atoms with Crippen molar-refractivity contribution >= 4 is 21.4 Å². The summed E-state index contributed by atoms with van der Waals surface area (Å²) < 4.78 is 25.2. The molecule has 0 atom stereocenters. The van der Waals surface area contributed by atoms with E-state index in [9.17, 15) is 8.42 Å². The summed E-state index contributed by atoms with van der Waals surface area (Å²) in [5, 5.41) is 2.12. The molecular weight excluding hydrogens is 276 g/mol. The Hall–Kier alpha value is -1.31. The number of sulfonamides is 1. The smallest absolute Gasteiger partial charge is 0.242 e. The lowest BCUT2D eigenvalue weighted by molar-refractivity contribution is 0.273. The number of rotatable bonds is 4. The van der Waals surface area contributed by atoms with Crippen LogP contribution >= 0.6 is 0 Å². The van der Waals surface area contributed by atoms with E-state index in [-0.39, 0.29) is 4.90 Å². The van der Waals surface area contributed by atoms with Gasteiger partial charge in [-0.3, -0.25) is 0 Å². The van der Waals surface area contributed by atoms with E-state index in [1.807, 2.05) is 0 Å². The van der Waals surface area contributed by atoms with Gasteiger partial charge in [0.2, 0.25) is 10.0 Å². The van der Waals surface area contributed by atoms with Gasteiger partial charge in [-0.25, -0.2) is 17.7 Å². The van der Waals surface area contributed by atoms with Crippen LogP contribution in [0.2, 0.25) is 0 Å². The Morgan fingerprint density at radius 2 is 1.85 bits per heavy atom. The first-order chi connectivity index (χ1) is 9.41. The Morgan fingerprint density at radius 1 is 1.20 bits per heavy atom. The van der Waals surface area contributed by atoms with Gasteiger partial charge in [-0.1, -0.05) is 6.42 Å². The molecule has 1 fully saturated rings. The van der Waals surface area contributed by atoms with Gasteiger partial charge in [0, 0.05) is 27.2 Å². The van der Waals surface area contributed by atoms with Crippen LogP contribution in [0.3, 0.4) is 0 Å². The van der Waals surface area contributed by atoms with Crippen molar-refractivity contribution in [3.05, 3.63) is 18.2 Å². The molecular formula is C13H22N4O2S. The number of anilines is 2. The molecule has 0 unspecified atom stereocenters. The van der Waals surface area contributed by atoms with Crippen molar-refractivity contribution in [2.75, 3.05) is 38.3 Å². The van der Waals surface area contributed by atoms with E-state index in [2.05, 4.69) is 10.4 Å². The van der Waals surface area contributed by atoms with E-state index < -0.39 is 10.0 Å². The Kier molecular flexibility index (Phi) is 4.52. The molecule has 6 nitrogen and oxygen atoms in total. The molecule has 7 heteroatoms. The van der Waals surface area contributed by atoms with E-state index in [1.54, 1.807) is 12.1 Å². The molecule has 1 aliphatic rings. The number of nitrogen functional groups attached to an aromatic ring is 1. The molecule has 1 heterocycles. The fraction of sp³-hybridized carbons (Fsp3) is 0.538. The molecule has 20 heavy (non-hydrogen) atoms. The molecule has 0 amide bonds. The van der Waals surface area contributed by atoms with E-state index in [1.165, 1.54) is 43.7 Å². The maximum absolute atomic E-state index is 12.0. The number of nitrogens with zero attached hydrogens (tertiary/aromatic N) is 2. The second-order valence-electron chi connectivity index (χ2n) is 5.20. The quantitative estimate of drug-likeness (QED) is 0.820. The number of piperidine rings is 1. The molecule has 1 aromatic carbocycles. The van der Waals surface area contributed by atoms with E-state index >= 15 is 0 Å². The minimum Gasteiger partial charge on any atom is -0.397 e. The number of nitrogens with two attached hydrogens (primary N) is 1. The summed E-state index contributed by atoms with van der Waals surface area (Å²) in [5.41, 5.74) is 10.4. The van der Waals surface area contributed by atoms with Gasteiger partial charge in [0.1, 0.15) is 0 Å². The van der Waals surface area contributed by atoms with Crippen LogP contribution in [0, 0.1) is 0 Å². The van der Waals surface area contributed by atoms with Crippen molar-refractivity contribution < 1.29 is 8.42 Å². The Labute approximate surface area is 120 Å². The zero-order valence-corrected chi connectivity index (χ0v) is 12.8. The number of hydrazine groups is 1. The fourth-order valence-corrected chi connectivity index (χ4v) is 3.13. The molecule has 0 spiro atoms. The highest BCUT2D eigenvalue weighted by molar-refractivity contribution is 7.89. The second kappa shape index (κ2) is 5.99. The van der Waals surface area contributed by atoms with Gasteiger partial charge in [-0.2, -0.15) is 0 Å². The Morgan fingerprint density at radius 3 is 2.40 bits per heavy atom. The third-order valence-corrected chi connectivity index (χ3v) is 5.25. The SMILES string of the molecule is CN(C)S(=O)(=O)c1ccc(NN2CCCCC2)c(N)c1. The fourth-order valence-electron chi connectivity index (χ4n) is 2.19. The lowest BCUT2D eigenvalue weighted by Gasteiger charge is -2.28. The van der Waals surface area contributed by atoms with Crippen molar-refractivity contribution in [2.24, 2.45) is 0 Å². The first kappa shape index (κ1) is 15.1. The van der Waals surface area contributed by atoms with Crippen molar-refractivity contribution in [2.45, 2.75) is 24.2 Å². The summed E-state index contributed by atoms with van der Waals surface area (Å²) in [5.74, 6) is 0. The van der Waals surface area contributed by atoms with Gasteiger partial charge in [-0.15, -0.1) is 0 Å². The normalized spacial score (nSPS) is 17.4. The first-order valence-electron chi connectivity index (χ1n) is 6.75. The standard InChI is InChI=1S/C13H22N4O2S/c1-16(2)20(18,19)11-6-7-13(12(14)10-11)15-17-8-4-3-5-9-17/h6-7,10,15H,3-5,8-9,14H2,1-2H3. The highest BCUT2D eigenvalue weighted by Crippen LogP contribution is 2.25. The minimum atomic E-state index is -3.44. The molecule has 3 N–H and O–H groups in total. The predicted octanol–water partition coefficient (Wildman–Crippen LogP) is 1.33. The summed E-state index contributed by atoms with van der Waals surface area (Å²) in [6, 6.07) is 4.81. The van der Waals surface area contributed by atoms with Gasteiger partial charge in [-0.05, 0) is 31.0 Å². The highest BCUT2D eigenvalue weighted by Gasteiger charge is 2.18. The van der Waals surface area contributed by atoms with Gasteiger partial charge >= 0.3 is 0 Å². The van der Waals surface area contributed by atoms with E-state index in [0.717, 1.165) is 18.8 Å². The summed E-state index contributed by atoms with van der Waals surface area (Å²) in [4.78, 5) is 0.212. The molecule has 0 aliphatic carbocycles. The van der Waals surface area contributed by atoms with Crippen LogP contribution in [0.15, 0.2) is 23.1 Å². The Balaban J connectivity index is 2.17. The molecule has 2 rings (SSSR count). The highest BCUT2D eigenvalue weighted by atomic mass is 32.2. The molecule has 112 valence electrons. The maximum Gasteiger partial charge on any atom is 0.242 e. The molecule has 1 saturated heterocycles. The van der Waals surface area contributed by atoms with Crippen molar-refractivity contribution in [3.63, 3.8) is 0 Å². The van der Waals surface area contributed by atoms with Crippen LogP contribution in [0.5, 0.6) is 0 Å². The largest absolute Gasteiger partial charge is 0.397 e. The van der Waals surface area contributed by atoms with Crippen LogP contribution < -0.4 is 11.2 Å². The van der Waals surface area contributed by atoms with Crippen LogP contribution in [0.25, 0.3) is 0 Å². The van der Waals surface area contributed by atoms with E-state index in [4.69, 9.17) is 5.73 Å². The zero-order valence-electron chi connectivity index (χ0n) is 12.0. The third kappa shape index (κ3) is 3.23. The summed E-state index contributed by atoms with van der Waals surface area (Å²) in [7, 11) is -0.427. The average molecular weight is 298 g/mol. The number of nitrogens with one attached hydrogen (secondary N) is 1. The Bertz CT molecular complexity index is 566. The van der Waals surface area contributed by atoms with Crippen molar-refractivity contribution in [1.82, 2.24) is 9.31 Å². The summed E-state index contributed by atoms with van der Waals surface area (Å²) in [6.07, 6.45) is 3.59. The summed E-state index contributed by atoms with van der Waals surface area (Å²) in [6.45, 7) is 1.97. The van der Waals surface area contributed by atoms with Crippen molar-refractivity contribution in [3.8, 4) is 0 Å². The molecule has 0 aromatic heterocycles. The number of hydrogen-bond acceptors (Lipinski definition) is 5. The molecule has 0 radical (unpaired) electrons. The lowest BCUT2D eigenvalue weighted by Crippen LogP contribution is -2.35. The minimum absolute atomic E-state index is 0.212. The van der Waals surface area contributed by atoms with Crippen molar-refractivity contribution in [1.29, 1.82) is 0 Å². The maximum atomic E-state index is 12.0. The third-order valence-electron chi connectivity index (χ3n) is 3.44. The predicted molar refractivity (Wildman–Crippen MR) is 80.8 cm³/mol. The average Bonchev–Trinajstić information content (AvgIpc) is 2.42. The van der Waals surface area contributed by atoms with Crippen LogP contribution in [0.1, 0.15) is 19.3 Å². The van der Waals surface area contributed by atoms with Gasteiger partial charge in [0.25, 0.3) is 0 Å². The topological polar surface area (TPSA) is 78.7 Å². The van der Waals surface area contributed by atoms with Crippen LogP contribution in [-0.2, 0) is 10.0 Å². The van der Waals surface area contributed by atoms with Gasteiger partial charge in [0.05, 0.1) is 16.3 Å². The van der Waals surface area contributed by atoms with Crippen LogP contribution in [0.4, 0.5) is 11.4 Å². The monoisotopic (exact) mass is 298 g/mol. The molecule has 0 bridgehead atoms. The molecule has 0 saturated carbocycles. The molecule has 1 aromatic rings. The van der Waals surface area contributed by atoms with Gasteiger partial charge < -0.3 is 11.2 Å². The zero-order chi connectivity index (χ0) is 14.8. The lowest BCUT2D eigenvalue weighted by atomic mass is 10.2. The summed E-state index contributed by atoms with van der Waals surface area (Å²) >= 11 is 0. The van der Waals surface area contributed by atoms with Crippen LogP contribution in [-0.4, -0.2) is 44.9 Å². The number of hydrogen-bond donors (Lipinski definition) is 2. The first-order valence-corrected chi connectivity index (χ1v) is 8.19. The second-order valence-corrected chi connectivity index (χ2v) is 7.35. The van der Waals surface area contributed by atoms with E-state index in [0.29, 0.717) is 5.69 Å². The number of benzene rings is 1.